The highest BCUT2D eigenvalue weighted by atomic mass is 16.1. The smallest absolute Gasteiger partial charge is 0.270 e. The Labute approximate surface area is 95.3 Å². The Hall–Kier alpha value is -1.58. The Bertz CT molecular complexity index is 370. The number of hydrogen-bond donors (Lipinski definition) is 2. The Morgan fingerprint density at radius 2 is 2.38 bits per heavy atom. The molecular weight excluding hydrogens is 202 g/mol. The Morgan fingerprint density at radius 3 is 2.94 bits per heavy atom. The number of aromatic nitrogens is 1. The maximum Gasteiger partial charge on any atom is 0.270 e. The third kappa shape index (κ3) is 2.95. The zero-order valence-electron chi connectivity index (χ0n) is 9.44. The number of carbonyl (C=O) groups is 1. The van der Waals surface area contributed by atoms with Crippen LogP contribution in [0.1, 0.15) is 36.7 Å². The number of carbonyl (C=O) groups excluding carboxylic acids is 1. The van der Waals surface area contributed by atoms with E-state index in [0.29, 0.717) is 11.4 Å². The number of amides is 1. The summed E-state index contributed by atoms with van der Waals surface area (Å²) in [5, 5.41) is 2.94. The maximum atomic E-state index is 11.8. The van der Waals surface area contributed by atoms with E-state index in [1.165, 1.54) is 19.0 Å². The zero-order valence-corrected chi connectivity index (χ0v) is 9.44. The Kier molecular flexibility index (Phi) is 3.08. The largest absolute Gasteiger partial charge is 0.397 e. The lowest BCUT2D eigenvalue weighted by atomic mass is 10.1. The summed E-state index contributed by atoms with van der Waals surface area (Å²) < 4.78 is 0. The summed E-state index contributed by atoms with van der Waals surface area (Å²) in [5.41, 5.74) is 6.51. The summed E-state index contributed by atoms with van der Waals surface area (Å²) in [4.78, 5) is 15.7. The van der Waals surface area contributed by atoms with Crippen molar-refractivity contribution in [2.75, 3.05) is 5.73 Å². The van der Waals surface area contributed by atoms with Gasteiger partial charge in [-0.05, 0) is 31.4 Å². The lowest BCUT2D eigenvalue weighted by molar-refractivity contribution is 0.0932. The number of hydrogen-bond acceptors (Lipinski definition) is 3. The van der Waals surface area contributed by atoms with Crippen molar-refractivity contribution < 1.29 is 4.79 Å². The van der Waals surface area contributed by atoms with E-state index in [1.54, 1.807) is 12.1 Å². The van der Waals surface area contributed by atoms with E-state index < -0.39 is 0 Å². The fraction of sp³-hybridized carbons (Fsp3) is 0.500. The molecule has 0 bridgehead atoms. The molecule has 1 atom stereocenters. The van der Waals surface area contributed by atoms with Gasteiger partial charge in [0.15, 0.2) is 0 Å². The average Bonchev–Trinajstić information content (AvgIpc) is 3.02. The summed E-state index contributed by atoms with van der Waals surface area (Å²) >= 11 is 0. The molecular formula is C12H17N3O. The molecule has 1 fully saturated rings. The monoisotopic (exact) mass is 219 g/mol. The van der Waals surface area contributed by atoms with Crippen LogP contribution in [0.5, 0.6) is 0 Å². The molecule has 1 aliphatic rings. The molecule has 1 heterocycles. The quantitative estimate of drug-likeness (QED) is 0.808. The molecule has 0 aromatic carbocycles. The highest BCUT2D eigenvalue weighted by Crippen LogP contribution is 2.33. The van der Waals surface area contributed by atoms with Crippen LogP contribution in [0.4, 0.5) is 5.69 Å². The van der Waals surface area contributed by atoms with Crippen LogP contribution < -0.4 is 11.1 Å². The molecule has 0 aliphatic heterocycles. The minimum atomic E-state index is -0.117. The summed E-state index contributed by atoms with van der Waals surface area (Å²) in [6, 6.07) is 3.56. The van der Waals surface area contributed by atoms with Gasteiger partial charge < -0.3 is 11.1 Å². The van der Waals surface area contributed by atoms with Crippen molar-refractivity contribution in [3.8, 4) is 0 Å². The second-order valence-corrected chi connectivity index (χ2v) is 4.53. The van der Waals surface area contributed by atoms with Crippen molar-refractivity contribution >= 4 is 11.6 Å². The third-order valence-electron chi connectivity index (χ3n) is 2.78. The fourth-order valence-electron chi connectivity index (χ4n) is 1.75. The van der Waals surface area contributed by atoms with E-state index in [4.69, 9.17) is 5.73 Å². The van der Waals surface area contributed by atoms with Gasteiger partial charge in [-0.1, -0.05) is 12.8 Å². The van der Waals surface area contributed by atoms with E-state index in [0.717, 1.165) is 12.3 Å². The normalized spacial score (nSPS) is 16.8. The van der Waals surface area contributed by atoms with E-state index in [1.807, 2.05) is 6.92 Å². The van der Waals surface area contributed by atoms with Gasteiger partial charge in [-0.3, -0.25) is 4.79 Å². The fourth-order valence-corrected chi connectivity index (χ4v) is 1.75. The third-order valence-corrected chi connectivity index (χ3v) is 2.78. The number of anilines is 1. The highest BCUT2D eigenvalue weighted by molar-refractivity contribution is 5.92. The van der Waals surface area contributed by atoms with Gasteiger partial charge in [-0.15, -0.1) is 0 Å². The molecule has 1 amide bonds. The minimum absolute atomic E-state index is 0.117. The number of nitrogens with two attached hydrogens (primary N) is 1. The number of nitrogens with zero attached hydrogens (tertiary/aromatic N) is 1. The number of nitrogen functional groups attached to an aromatic ring is 1. The van der Waals surface area contributed by atoms with Gasteiger partial charge in [0, 0.05) is 6.04 Å². The maximum absolute atomic E-state index is 11.8. The van der Waals surface area contributed by atoms with Gasteiger partial charge in [0.2, 0.25) is 0 Å². The van der Waals surface area contributed by atoms with Crippen LogP contribution in [0, 0.1) is 5.92 Å². The van der Waals surface area contributed by atoms with Crippen molar-refractivity contribution in [3.05, 3.63) is 24.0 Å². The van der Waals surface area contributed by atoms with Crippen molar-refractivity contribution in [2.45, 2.75) is 32.2 Å². The molecule has 1 saturated carbocycles. The molecule has 1 unspecified atom stereocenters. The molecule has 0 radical (unpaired) electrons. The molecule has 4 nitrogen and oxygen atoms in total. The zero-order chi connectivity index (χ0) is 11.5. The Balaban J connectivity index is 1.88. The summed E-state index contributed by atoms with van der Waals surface area (Å²) in [6.45, 7) is 2.04. The summed E-state index contributed by atoms with van der Waals surface area (Å²) in [5.74, 6) is 0.697. The van der Waals surface area contributed by atoms with Crippen LogP contribution >= 0.6 is 0 Å². The number of pyridine rings is 1. The van der Waals surface area contributed by atoms with Crippen LogP contribution in [-0.4, -0.2) is 16.9 Å². The first kappa shape index (κ1) is 10.9. The van der Waals surface area contributed by atoms with E-state index in [9.17, 15) is 4.79 Å². The van der Waals surface area contributed by atoms with Gasteiger partial charge in [-0.25, -0.2) is 4.98 Å². The predicted molar refractivity (Wildman–Crippen MR) is 62.9 cm³/mol. The Morgan fingerprint density at radius 1 is 1.62 bits per heavy atom. The van der Waals surface area contributed by atoms with Gasteiger partial charge >= 0.3 is 0 Å². The number of nitrogens with one attached hydrogen (secondary N) is 1. The second kappa shape index (κ2) is 4.51. The number of rotatable bonds is 4. The average molecular weight is 219 g/mol. The highest BCUT2D eigenvalue weighted by Gasteiger charge is 2.24. The molecule has 1 aromatic heterocycles. The first-order valence-corrected chi connectivity index (χ1v) is 5.67. The first-order chi connectivity index (χ1) is 7.65. The summed E-state index contributed by atoms with van der Waals surface area (Å²) in [6.07, 6.45) is 5.18. The molecule has 16 heavy (non-hydrogen) atoms. The lowest BCUT2D eigenvalue weighted by Crippen LogP contribution is -2.33. The van der Waals surface area contributed by atoms with Crippen molar-refractivity contribution in [2.24, 2.45) is 5.92 Å². The van der Waals surface area contributed by atoms with Gasteiger partial charge in [0.25, 0.3) is 5.91 Å². The lowest BCUT2D eigenvalue weighted by Gasteiger charge is -2.12. The molecule has 3 N–H and O–H groups in total. The predicted octanol–water partition coefficient (Wildman–Crippen LogP) is 1.58. The summed E-state index contributed by atoms with van der Waals surface area (Å²) in [7, 11) is 0. The van der Waals surface area contributed by atoms with Crippen LogP contribution in [0.2, 0.25) is 0 Å². The molecule has 0 spiro atoms. The van der Waals surface area contributed by atoms with Gasteiger partial charge in [0.1, 0.15) is 5.69 Å². The molecule has 4 heteroatoms. The topological polar surface area (TPSA) is 68.0 Å². The van der Waals surface area contributed by atoms with Gasteiger partial charge in [-0.2, -0.15) is 0 Å². The van der Waals surface area contributed by atoms with E-state index >= 15 is 0 Å². The minimum Gasteiger partial charge on any atom is -0.397 e. The first-order valence-electron chi connectivity index (χ1n) is 5.67. The van der Waals surface area contributed by atoms with Crippen molar-refractivity contribution in [3.63, 3.8) is 0 Å². The van der Waals surface area contributed by atoms with Crippen LogP contribution in [0.25, 0.3) is 0 Å². The molecule has 0 saturated heterocycles. The molecule has 2 rings (SSSR count). The van der Waals surface area contributed by atoms with Crippen molar-refractivity contribution in [1.29, 1.82) is 0 Å². The SMILES string of the molecule is CC(CC1CC1)NC(=O)c1ccc(N)cn1. The molecule has 1 aliphatic carbocycles. The standard InChI is InChI=1S/C12H17N3O/c1-8(6-9-2-3-9)15-12(16)11-5-4-10(13)7-14-11/h4-5,7-9H,2-3,6,13H2,1H3,(H,15,16). The molecule has 86 valence electrons. The second-order valence-electron chi connectivity index (χ2n) is 4.53. The van der Waals surface area contributed by atoms with Crippen LogP contribution in [-0.2, 0) is 0 Å². The van der Waals surface area contributed by atoms with E-state index in [2.05, 4.69) is 10.3 Å². The van der Waals surface area contributed by atoms with Crippen molar-refractivity contribution in [1.82, 2.24) is 10.3 Å². The van der Waals surface area contributed by atoms with E-state index in [-0.39, 0.29) is 11.9 Å². The van der Waals surface area contributed by atoms with Crippen LogP contribution in [0.15, 0.2) is 18.3 Å². The van der Waals surface area contributed by atoms with Crippen LogP contribution in [0.3, 0.4) is 0 Å². The molecule has 1 aromatic rings. The van der Waals surface area contributed by atoms with Gasteiger partial charge in [0.05, 0.1) is 11.9 Å².